The topological polar surface area (TPSA) is 47.6 Å². The van der Waals surface area contributed by atoms with Gasteiger partial charge < -0.3 is 14.8 Å². The lowest BCUT2D eigenvalue weighted by molar-refractivity contribution is -0.127. The molecule has 0 bridgehead atoms. The van der Waals surface area contributed by atoms with Gasteiger partial charge in [0.1, 0.15) is 23.9 Å². The molecule has 2 rings (SSSR count). The van der Waals surface area contributed by atoms with Gasteiger partial charge in [0.2, 0.25) is 0 Å². The van der Waals surface area contributed by atoms with Crippen LogP contribution in [-0.2, 0) is 4.79 Å². The van der Waals surface area contributed by atoms with Gasteiger partial charge in [-0.3, -0.25) is 4.79 Å². The Bertz CT molecular complexity index is 587. The van der Waals surface area contributed by atoms with Crippen LogP contribution in [0.25, 0.3) is 0 Å². The summed E-state index contributed by atoms with van der Waals surface area (Å²) < 4.78 is 23.7. The molecule has 2 aromatic rings. The number of nitrogens with one attached hydrogen (secondary N) is 1. The number of hydrogen-bond acceptors (Lipinski definition) is 3. The Kier molecular flexibility index (Phi) is 5.77. The highest BCUT2D eigenvalue weighted by atomic mass is 19.1. The molecule has 1 N–H and O–H groups in total. The molecule has 0 spiro atoms. The molecule has 0 heterocycles. The molecule has 0 unspecified atom stereocenters. The maximum absolute atomic E-state index is 12.8. The van der Waals surface area contributed by atoms with Crippen molar-refractivity contribution in [3.63, 3.8) is 0 Å². The van der Waals surface area contributed by atoms with E-state index in [4.69, 9.17) is 9.47 Å². The molecule has 0 fully saturated rings. The minimum absolute atomic E-state index is 0.249. The van der Waals surface area contributed by atoms with Crippen LogP contribution in [0.1, 0.15) is 6.92 Å². The molecule has 116 valence electrons. The molecule has 0 aliphatic rings. The number of carbonyl (C=O) groups excluding carboxylic acids is 1. The van der Waals surface area contributed by atoms with Crippen LogP contribution in [-0.4, -0.2) is 25.2 Å². The second-order valence-corrected chi connectivity index (χ2v) is 4.67. The maximum Gasteiger partial charge on any atom is 0.260 e. The van der Waals surface area contributed by atoms with Gasteiger partial charge in [0.15, 0.2) is 6.10 Å². The predicted octanol–water partition coefficient (Wildman–Crippen LogP) is 2.79. The zero-order chi connectivity index (χ0) is 15.8. The third kappa shape index (κ3) is 5.09. The number of para-hydroxylation sites is 1. The van der Waals surface area contributed by atoms with Crippen molar-refractivity contribution in [1.29, 1.82) is 0 Å². The first-order valence-electron chi connectivity index (χ1n) is 7.03. The second-order valence-electron chi connectivity index (χ2n) is 4.67. The van der Waals surface area contributed by atoms with Gasteiger partial charge in [0, 0.05) is 0 Å². The van der Waals surface area contributed by atoms with Crippen LogP contribution in [0.3, 0.4) is 0 Å². The molecule has 0 saturated heterocycles. The Hall–Kier alpha value is -2.56. The number of halogens is 1. The fourth-order valence-electron chi connectivity index (χ4n) is 1.77. The van der Waals surface area contributed by atoms with Crippen molar-refractivity contribution < 1.29 is 18.7 Å². The Labute approximate surface area is 128 Å². The van der Waals surface area contributed by atoms with E-state index in [1.54, 1.807) is 6.92 Å². The number of ether oxygens (including phenoxy) is 2. The first kappa shape index (κ1) is 15.8. The largest absolute Gasteiger partial charge is 0.492 e. The molecule has 0 aromatic heterocycles. The number of rotatable bonds is 7. The molecule has 0 aliphatic carbocycles. The highest BCUT2D eigenvalue weighted by molar-refractivity contribution is 5.80. The van der Waals surface area contributed by atoms with Crippen molar-refractivity contribution in [2.75, 3.05) is 13.2 Å². The molecule has 4 nitrogen and oxygen atoms in total. The van der Waals surface area contributed by atoms with Crippen LogP contribution in [0.2, 0.25) is 0 Å². The SMILES string of the molecule is C[C@H](Oc1ccc(F)cc1)C(=O)NCCOc1ccccc1. The van der Waals surface area contributed by atoms with Crippen molar-refractivity contribution in [3.05, 3.63) is 60.4 Å². The summed E-state index contributed by atoms with van der Waals surface area (Å²) in [5, 5.41) is 2.72. The van der Waals surface area contributed by atoms with Crippen molar-refractivity contribution in [1.82, 2.24) is 5.32 Å². The summed E-state index contributed by atoms with van der Waals surface area (Å²) in [6, 6.07) is 14.9. The summed E-state index contributed by atoms with van der Waals surface area (Å²) in [5.74, 6) is 0.612. The zero-order valence-electron chi connectivity index (χ0n) is 12.3. The Morgan fingerprint density at radius 3 is 2.45 bits per heavy atom. The van der Waals surface area contributed by atoms with E-state index >= 15 is 0 Å². The first-order valence-corrected chi connectivity index (χ1v) is 7.03. The van der Waals surface area contributed by atoms with Crippen LogP contribution in [0.15, 0.2) is 54.6 Å². The van der Waals surface area contributed by atoms with Crippen LogP contribution >= 0.6 is 0 Å². The molecule has 0 radical (unpaired) electrons. The maximum atomic E-state index is 12.8. The van der Waals surface area contributed by atoms with Crippen LogP contribution in [0, 0.1) is 5.82 Å². The van der Waals surface area contributed by atoms with Gasteiger partial charge in [-0.2, -0.15) is 0 Å². The zero-order valence-corrected chi connectivity index (χ0v) is 12.3. The molecule has 0 aliphatic heterocycles. The average Bonchev–Trinajstić information content (AvgIpc) is 2.54. The first-order chi connectivity index (χ1) is 10.6. The standard InChI is InChI=1S/C17H18FNO3/c1-13(22-16-9-7-14(18)8-10-16)17(20)19-11-12-21-15-5-3-2-4-6-15/h2-10,13H,11-12H2,1H3,(H,19,20)/t13-/m0/s1. The lowest BCUT2D eigenvalue weighted by atomic mass is 10.3. The van der Waals surface area contributed by atoms with E-state index in [1.165, 1.54) is 24.3 Å². The van der Waals surface area contributed by atoms with Crippen molar-refractivity contribution in [2.45, 2.75) is 13.0 Å². The monoisotopic (exact) mass is 303 g/mol. The molecular weight excluding hydrogens is 285 g/mol. The summed E-state index contributed by atoms with van der Waals surface area (Å²) in [6.45, 7) is 2.39. The van der Waals surface area contributed by atoms with Gasteiger partial charge in [-0.05, 0) is 43.3 Å². The van der Waals surface area contributed by atoms with Gasteiger partial charge in [0.25, 0.3) is 5.91 Å². The van der Waals surface area contributed by atoms with Crippen molar-refractivity contribution in [3.8, 4) is 11.5 Å². The highest BCUT2D eigenvalue weighted by Crippen LogP contribution is 2.13. The minimum Gasteiger partial charge on any atom is -0.492 e. The molecule has 5 heteroatoms. The van der Waals surface area contributed by atoms with Gasteiger partial charge in [-0.25, -0.2) is 4.39 Å². The molecule has 0 saturated carbocycles. The Morgan fingerprint density at radius 1 is 1.09 bits per heavy atom. The van der Waals surface area contributed by atoms with Crippen LogP contribution in [0.5, 0.6) is 11.5 Å². The quantitative estimate of drug-likeness (QED) is 0.800. The number of carbonyl (C=O) groups is 1. The lowest BCUT2D eigenvalue weighted by Gasteiger charge is -2.15. The molecule has 1 amide bonds. The third-order valence-corrected chi connectivity index (χ3v) is 2.91. The normalized spacial score (nSPS) is 11.5. The Balaban J connectivity index is 1.69. The highest BCUT2D eigenvalue weighted by Gasteiger charge is 2.13. The average molecular weight is 303 g/mol. The number of amides is 1. The Morgan fingerprint density at radius 2 is 1.77 bits per heavy atom. The summed E-state index contributed by atoms with van der Waals surface area (Å²) >= 11 is 0. The van der Waals surface area contributed by atoms with Gasteiger partial charge in [-0.15, -0.1) is 0 Å². The summed E-state index contributed by atoms with van der Waals surface area (Å²) in [5.41, 5.74) is 0. The van der Waals surface area contributed by atoms with Crippen molar-refractivity contribution in [2.24, 2.45) is 0 Å². The molecule has 2 aromatic carbocycles. The van der Waals surface area contributed by atoms with Gasteiger partial charge >= 0.3 is 0 Å². The van der Waals surface area contributed by atoms with E-state index in [-0.39, 0.29) is 11.7 Å². The second kappa shape index (κ2) is 8.02. The predicted molar refractivity (Wildman–Crippen MR) is 81.4 cm³/mol. The fraction of sp³-hybridized carbons (Fsp3) is 0.235. The van der Waals surface area contributed by atoms with E-state index < -0.39 is 6.10 Å². The minimum atomic E-state index is -0.665. The van der Waals surface area contributed by atoms with E-state index in [0.717, 1.165) is 5.75 Å². The van der Waals surface area contributed by atoms with Crippen LogP contribution < -0.4 is 14.8 Å². The number of benzene rings is 2. The smallest absolute Gasteiger partial charge is 0.260 e. The van der Waals surface area contributed by atoms with Gasteiger partial charge in [0.05, 0.1) is 6.54 Å². The summed E-state index contributed by atoms with van der Waals surface area (Å²) in [4.78, 5) is 11.9. The summed E-state index contributed by atoms with van der Waals surface area (Å²) in [6.07, 6.45) is -0.665. The third-order valence-electron chi connectivity index (χ3n) is 2.91. The summed E-state index contributed by atoms with van der Waals surface area (Å²) in [7, 11) is 0. The van der Waals surface area contributed by atoms with E-state index in [1.807, 2.05) is 30.3 Å². The number of hydrogen-bond donors (Lipinski definition) is 1. The van der Waals surface area contributed by atoms with Gasteiger partial charge in [-0.1, -0.05) is 18.2 Å². The van der Waals surface area contributed by atoms with E-state index in [2.05, 4.69) is 5.32 Å². The van der Waals surface area contributed by atoms with E-state index in [9.17, 15) is 9.18 Å². The van der Waals surface area contributed by atoms with Crippen LogP contribution in [0.4, 0.5) is 4.39 Å². The molecule has 1 atom stereocenters. The fourth-order valence-corrected chi connectivity index (χ4v) is 1.77. The van der Waals surface area contributed by atoms with E-state index in [0.29, 0.717) is 18.9 Å². The van der Waals surface area contributed by atoms with Crippen molar-refractivity contribution >= 4 is 5.91 Å². The lowest BCUT2D eigenvalue weighted by Crippen LogP contribution is -2.38. The molecular formula is C17H18FNO3. The molecule has 22 heavy (non-hydrogen) atoms.